The van der Waals surface area contributed by atoms with Gasteiger partial charge in [0, 0.05) is 6.42 Å². The van der Waals surface area contributed by atoms with Crippen molar-refractivity contribution in [1.82, 2.24) is 0 Å². The predicted molar refractivity (Wildman–Crippen MR) is 71.4 cm³/mol. The molecule has 5 heteroatoms. The van der Waals surface area contributed by atoms with Gasteiger partial charge in [0.2, 0.25) is 8.32 Å². The standard InChI is InChI=1S/C13H23FO3Si/c1-5-16-12(15)13(10-14)8-6-11(7-9-13)17-18(2,3)4/h6H,5,7-10H2,1-4H3. The van der Waals surface area contributed by atoms with Crippen LogP contribution in [0.5, 0.6) is 0 Å². The zero-order valence-electron chi connectivity index (χ0n) is 11.7. The molecule has 0 N–H and O–H groups in total. The summed E-state index contributed by atoms with van der Waals surface area (Å²) in [5.74, 6) is 0.485. The van der Waals surface area contributed by atoms with Crippen molar-refractivity contribution in [1.29, 1.82) is 0 Å². The molecule has 0 heterocycles. The van der Waals surface area contributed by atoms with Gasteiger partial charge in [-0.1, -0.05) is 0 Å². The first-order valence-electron chi connectivity index (χ1n) is 6.44. The molecule has 0 saturated heterocycles. The lowest BCUT2D eigenvalue weighted by Gasteiger charge is -2.33. The molecule has 1 atom stereocenters. The van der Waals surface area contributed by atoms with Crippen molar-refractivity contribution in [3.05, 3.63) is 11.8 Å². The molecule has 18 heavy (non-hydrogen) atoms. The van der Waals surface area contributed by atoms with E-state index in [2.05, 4.69) is 19.6 Å². The molecule has 1 unspecified atom stereocenters. The van der Waals surface area contributed by atoms with Crippen LogP contribution >= 0.6 is 0 Å². The van der Waals surface area contributed by atoms with Gasteiger partial charge in [-0.25, -0.2) is 4.39 Å². The molecule has 0 saturated carbocycles. The molecular formula is C13H23FO3Si. The van der Waals surface area contributed by atoms with E-state index in [0.717, 1.165) is 5.76 Å². The highest BCUT2D eigenvalue weighted by atomic mass is 28.4. The van der Waals surface area contributed by atoms with E-state index in [9.17, 15) is 9.18 Å². The molecule has 0 aromatic carbocycles. The van der Waals surface area contributed by atoms with E-state index in [4.69, 9.17) is 9.16 Å². The van der Waals surface area contributed by atoms with Crippen LogP contribution < -0.4 is 0 Å². The van der Waals surface area contributed by atoms with Crippen molar-refractivity contribution in [2.45, 2.75) is 45.8 Å². The summed E-state index contributed by atoms with van der Waals surface area (Å²) < 4.78 is 24.1. The van der Waals surface area contributed by atoms with Gasteiger partial charge in [-0.2, -0.15) is 0 Å². The normalized spacial score (nSPS) is 24.4. The lowest BCUT2D eigenvalue weighted by atomic mass is 9.77. The molecule has 0 spiro atoms. The number of hydrogen-bond acceptors (Lipinski definition) is 3. The molecule has 0 fully saturated rings. The van der Waals surface area contributed by atoms with Crippen LogP contribution in [0, 0.1) is 5.41 Å². The summed E-state index contributed by atoms with van der Waals surface area (Å²) in [7, 11) is -1.62. The highest BCUT2D eigenvalue weighted by molar-refractivity contribution is 6.70. The van der Waals surface area contributed by atoms with Crippen molar-refractivity contribution >= 4 is 14.3 Å². The molecule has 3 nitrogen and oxygen atoms in total. The van der Waals surface area contributed by atoms with Crippen molar-refractivity contribution < 1.29 is 18.3 Å². The third-order valence-corrected chi connectivity index (χ3v) is 3.85. The molecule has 0 radical (unpaired) electrons. The summed E-state index contributed by atoms with van der Waals surface area (Å²) in [6.45, 7) is 7.69. The number of allylic oxidation sites excluding steroid dienone is 2. The fourth-order valence-corrected chi connectivity index (χ4v) is 2.98. The first kappa shape index (κ1) is 15.2. The van der Waals surface area contributed by atoms with Gasteiger partial charge in [0.1, 0.15) is 12.1 Å². The van der Waals surface area contributed by atoms with E-state index < -0.39 is 26.4 Å². The molecule has 0 bridgehead atoms. The lowest BCUT2D eigenvalue weighted by Crippen LogP contribution is -2.37. The topological polar surface area (TPSA) is 35.5 Å². The fourth-order valence-electron chi connectivity index (χ4n) is 2.01. The SMILES string of the molecule is CCOC(=O)C1(CF)CC=C(O[Si](C)(C)C)CC1. The van der Waals surface area contributed by atoms with E-state index in [0.29, 0.717) is 25.9 Å². The summed E-state index contributed by atoms with van der Waals surface area (Å²) >= 11 is 0. The van der Waals surface area contributed by atoms with Crippen LogP contribution in [0.15, 0.2) is 11.8 Å². The van der Waals surface area contributed by atoms with Crippen LogP contribution in [0.25, 0.3) is 0 Å². The molecule has 1 rings (SSSR count). The minimum absolute atomic E-state index is 0.294. The lowest BCUT2D eigenvalue weighted by molar-refractivity contribution is -0.157. The number of alkyl halides is 1. The Bertz CT molecular complexity index is 336. The third-order valence-electron chi connectivity index (χ3n) is 2.97. The van der Waals surface area contributed by atoms with Crippen LogP contribution in [-0.2, 0) is 14.0 Å². The third kappa shape index (κ3) is 3.83. The van der Waals surface area contributed by atoms with Crippen LogP contribution in [0.2, 0.25) is 19.6 Å². The Balaban J connectivity index is 2.71. The molecule has 0 aliphatic heterocycles. The Labute approximate surface area is 109 Å². The summed E-state index contributed by atoms with van der Waals surface area (Å²) in [6.07, 6.45) is 3.33. The van der Waals surface area contributed by atoms with Gasteiger partial charge in [-0.15, -0.1) is 0 Å². The summed E-state index contributed by atoms with van der Waals surface area (Å²) in [6, 6.07) is 0. The predicted octanol–water partition coefficient (Wildman–Crippen LogP) is 3.42. The number of halogens is 1. The smallest absolute Gasteiger partial charge is 0.315 e. The molecule has 104 valence electrons. The van der Waals surface area contributed by atoms with E-state index in [1.807, 2.05) is 6.08 Å². The zero-order chi connectivity index (χ0) is 13.8. The number of carbonyl (C=O) groups excluding carboxylic acids is 1. The maximum absolute atomic E-state index is 13.2. The zero-order valence-corrected chi connectivity index (χ0v) is 12.7. The van der Waals surface area contributed by atoms with Crippen molar-refractivity contribution in [3.63, 3.8) is 0 Å². The summed E-state index contributed by atoms with van der Waals surface area (Å²) in [5.41, 5.74) is -0.984. The van der Waals surface area contributed by atoms with Crippen LogP contribution in [0.3, 0.4) is 0 Å². The van der Waals surface area contributed by atoms with Gasteiger partial charge in [0.25, 0.3) is 0 Å². The minimum Gasteiger partial charge on any atom is -0.548 e. The average Bonchev–Trinajstić information content (AvgIpc) is 2.28. The first-order valence-corrected chi connectivity index (χ1v) is 9.85. The van der Waals surface area contributed by atoms with Crippen molar-refractivity contribution in [2.24, 2.45) is 5.41 Å². The van der Waals surface area contributed by atoms with E-state index >= 15 is 0 Å². The Kier molecular flexibility index (Phi) is 4.96. The summed E-state index contributed by atoms with van der Waals surface area (Å²) in [4.78, 5) is 11.8. The van der Waals surface area contributed by atoms with Gasteiger partial charge in [0.05, 0.1) is 12.4 Å². The molecule has 1 aliphatic rings. The fraction of sp³-hybridized carbons (Fsp3) is 0.769. The first-order chi connectivity index (χ1) is 8.33. The Hall–Kier alpha value is -0.843. The Morgan fingerprint density at radius 1 is 1.50 bits per heavy atom. The number of hydrogen-bond donors (Lipinski definition) is 0. The maximum Gasteiger partial charge on any atom is 0.315 e. The van der Waals surface area contributed by atoms with Crippen molar-refractivity contribution in [3.8, 4) is 0 Å². The van der Waals surface area contributed by atoms with Gasteiger partial charge >= 0.3 is 5.97 Å². The monoisotopic (exact) mass is 274 g/mol. The van der Waals surface area contributed by atoms with Crippen molar-refractivity contribution in [2.75, 3.05) is 13.3 Å². The molecule has 0 amide bonds. The van der Waals surface area contributed by atoms with Crippen LogP contribution in [-0.4, -0.2) is 27.6 Å². The Morgan fingerprint density at radius 3 is 2.56 bits per heavy atom. The second-order valence-corrected chi connectivity index (χ2v) is 10.2. The molecule has 0 aromatic rings. The number of carbonyl (C=O) groups is 1. The summed E-state index contributed by atoms with van der Waals surface area (Å²) in [5, 5.41) is 0. The van der Waals surface area contributed by atoms with E-state index in [1.165, 1.54) is 0 Å². The van der Waals surface area contributed by atoms with Gasteiger partial charge in [-0.3, -0.25) is 4.79 Å². The average molecular weight is 274 g/mol. The van der Waals surface area contributed by atoms with E-state index in [1.54, 1.807) is 6.92 Å². The van der Waals surface area contributed by atoms with Gasteiger partial charge < -0.3 is 9.16 Å². The van der Waals surface area contributed by atoms with Gasteiger partial charge in [0.15, 0.2) is 0 Å². The number of rotatable bonds is 5. The van der Waals surface area contributed by atoms with Gasteiger partial charge in [-0.05, 0) is 45.5 Å². The molecule has 0 aromatic heterocycles. The second-order valence-electron chi connectivity index (χ2n) is 5.72. The maximum atomic E-state index is 13.2. The molecule has 1 aliphatic carbocycles. The van der Waals surface area contributed by atoms with Crippen LogP contribution in [0.1, 0.15) is 26.2 Å². The molecular weight excluding hydrogens is 251 g/mol. The number of esters is 1. The highest BCUT2D eigenvalue weighted by Gasteiger charge is 2.41. The number of ether oxygens (including phenoxy) is 1. The van der Waals surface area contributed by atoms with Crippen LogP contribution in [0.4, 0.5) is 4.39 Å². The minimum atomic E-state index is -1.62. The Morgan fingerprint density at radius 2 is 2.17 bits per heavy atom. The quantitative estimate of drug-likeness (QED) is 0.569. The highest BCUT2D eigenvalue weighted by Crippen LogP contribution is 2.38. The largest absolute Gasteiger partial charge is 0.548 e. The second kappa shape index (κ2) is 5.86. The van der Waals surface area contributed by atoms with E-state index in [-0.39, 0.29) is 0 Å².